The Morgan fingerprint density at radius 2 is 1.65 bits per heavy atom. The van der Waals surface area contributed by atoms with E-state index in [0.717, 1.165) is 40.7 Å². The maximum atomic E-state index is 6.22. The average molecular weight is 410 g/mol. The van der Waals surface area contributed by atoms with Gasteiger partial charge >= 0.3 is 0 Å². The van der Waals surface area contributed by atoms with Crippen LogP contribution < -0.4 is 10.6 Å². The van der Waals surface area contributed by atoms with E-state index >= 15 is 0 Å². The monoisotopic (exact) mass is 408 g/mol. The number of rotatable bonds is 7. The Hall–Kier alpha value is -1.65. The van der Waals surface area contributed by atoms with Crippen LogP contribution in [0.4, 0.5) is 5.69 Å². The molecule has 0 aliphatic carbocycles. The van der Waals surface area contributed by atoms with E-state index in [9.17, 15) is 0 Å². The standard InChI is InChI=1S/C20H19Cl3N2O/c1-13-10-14(21)3-6-19(13)25-9-8-24-12-16-4-7-20(26-16)17-11-15(22)2-5-18(17)23/h2-7,10-11,24-25H,8-9,12H2,1H3. The predicted molar refractivity (Wildman–Crippen MR) is 111 cm³/mol. The Kier molecular flexibility index (Phi) is 6.49. The van der Waals surface area contributed by atoms with Crippen molar-refractivity contribution in [2.45, 2.75) is 13.5 Å². The summed E-state index contributed by atoms with van der Waals surface area (Å²) in [6.45, 7) is 4.28. The van der Waals surface area contributed by atoms with Gasteiger partial charge in [-0.3, -0.25) is 0 Å². The minimum atomic E-state index is 0.616. The SMILES string of the molecule is Cc1cc(Cl)ccc1NCCNCc1ccc(-c2cc(Cl)ccc2Cl)o1. The maximum absolute atomic E-state index is 6.22. The zero-order chi connectivity index (χ0) is 18.5. The molecule has 2 aromatic carbocycles. The van der Waals surface area contributed by atoms with Gasteiger partial charge in [0.2, 0.25) is 0 Å². The van der Waals surface area contributed by atoms with Crippen molar-refractivity contribution in [1.29, 1.82) is 0 Å². The van der Waals surface area contributed by atoms with Gasteiger partial charge in [-0.25, -0.2) is 0 Å². The van der Waals surface area contributed by atoms with E-state index in [2.05, 4.69) is 10.6 Å². The van der Waals surface area contributed by atoms with Crippen LogP contribution >= 0.6 is 34.8 Å². The topological polar surface area (TPSA) is 37.2 Å². The Bertz CT molecular complexity index is 893. The Morgan fingerprint density at radius 3 is 2.46 bits per heavy atom. The number of halogens is 3. The molecule has 1 heterocycles. The number of furan rings is 1. The van der Waals surface area contributed by atoms with E-state index in [0.29, 0.717) is 22.4 Å². The van der Waals surface area contributed by atoms with Crippen molar-refractivity contribution in [1.82, 2.24) is 5.32 Å². The number of hydrogen-bond donors (Lipinski definition) is 2. The number of nitrogens with one attached hydrogen (secondary N) is 2. The lowest BCUT2D eigenvalue weighted by molar-refractivity contribution is 0.497. The van der Waals surface area contributed by atoms with Crippen LogP contribution in [0.5, 0.6) is 0 Å². The molecule has 0 saturated heterocycles. The summed E-state index contributed by atoms with van der Waals surface area (Å²) in [5.74, 6) is 1.56. The molecule has 136 valence electrons. The summed E-state index contributed by atoms with van der Waals surface area (Å²) in [5, 5.41) is 8.73. The van der Waals surface area contributed by atoms with Crippen LogP contribution in [-0.2, 0) is 6.54 Å². The molecule has 0 aliphatic rings. The molecule has 0 spiro atoms. The third-order valence-electron chi connectivity index (χ3n) is 3.96. The van der Waals surface area contributed by atoms with Crippen molar-refractivity contribution in [3.05, 3.63) is 74.9 Å². The van der Waals surface area contributed by atoms with Crippen LogP contribution in [0.15, 0.2) is 52.9 Å². The molecule has 26 heavy (non-hydrogen) atoms. The highest BCUT2D eigenvalue weighted by Gasteiger charge is 2.09. The van der Waals surface area contributed by atoms with Crippen molar-refractivity contribution in [2.75, 3.05) is 18.4 Å². The lowest BCUT2D eigenvalue weighted by atomic mass is 10.2. The number of hydrogen-bond acceptors (Lipinski definition) is 3. The van der Waals surface area contributed by atoms with Crippen molar-refractivity contribution in [2.24, 2.45) is 0 Å². The van der Waals surface area contributed by atoms with E-state index in [1.807, 2.05) is 37.3 Å². The molecule has 0 fully saturated rings. The summed E-state index contributed by atoms with van der Waals surface area (Å²) in [6.07, 6.45) is 0. The molecule has 0 aliphatic heterocycles. The molecule has 0 saturated carbocycles. The molecular weight excluding hydrogens is 391 g/mol. The van der Waals surface area contributed by atoms with E-state index < -0.39 is 0 Å². The van der Waals surface area contributed by atoms with Crippen LogP contribution in [0.3, 0.4) is 0 Å². The van der Waals surface area contributed by atoms with Gasteiger partial charge in [0.1, 0.15) is 11.5 Å². The van der Waals surface area contributed by atoms with Gasteiger partial charge in [0.15, 0.2) is 0 Å². The van der Waals surface area contributed by atoms with E-state index in [-0.39, 0.29) is 0 Å². The molecular formula is C20H19Cl3N2O. The number of benzene rings is 2. The fourth-order valence-electron chi connectivity index (χ4n) is 2.63. The first-order chi connectivity index (χ1) is 12.5. The molecule has 0 atom stereocenters. The highest BCUT2D eigenvalue weighted by molar-refractivity contribution is 6.35. The van der Waals surface area contributed by atoms with Crippen LogP contribution in [0.25, 0.3) is 11.3 Å². The first kappa shape index (κ1) is 19.1. The average Bonchev–Trinajstić information content (AvgIpc) is 3.07. The lowest BCUT2D eigenvalue weighted by Gasteiger charge is -2.10. The molecule has 0 unspecified atom stereocenters. The smallest absolute Gasteiger partial charge is 0.135 e. The Balaban J connectivity index is 1.49. The summed E-state index contributed by atoms with van der Waals surface area (Å²) in [5.41, 5.74) is 3.02. The normalized spacial score (nSPS) is 10.9. The van der Waals surface area contributed by atoms with E-state index in [1.165, 1.54) is 0 Å². The van der Waals surface area contributed by atoms with Crippen molar-refractivity contribution < 1.29 is 4.42 Å². The van der Waals surface area contributed by atoms with Gasteiger partial charge < -0.3 is 15.1 Å². The Labute approximate surface area is 168 Å². The van der Waals surface area contributed by atoms with Gasteiger partial charge in [0.05, 0.1) is 11.6 Å². The third kappa shape index (κ3) is 4.95. The van der Waals surface area contributed by atoms with E-state index in [4.69, 9.17) is 39.2 Å². The Morgan fingerprint density at radius 1 is 0.885 bits per heavy atom. The van der Waals surface area contributed by atoms with Gasteiger partial charge in [-0.05, 0) is 61.0 Å². The zero-order valence-electron chi connectivity index (χ0n) is 14.3. The molecule has 3 nitrogen and oxygen atoms in total. The molecule has 0 amide bonds. The molecule has 3 rings (SSSR count). The van der Waals surface area contributed by atoms with E-state index in [1.54, 1.807) is 18.2 Å². The summed E-state index contributed by atoms with van der Waals surface area (Å²) in [6, 6.07) is 15.0. The second-order valence-corrected chi connectivity index (χ2v) is 7.23. The second-order valence-electron chi connectivity index (χ2n) is 5.95. The highest BCUT2D eigenvalue weighted by atomic mass is 35.5. The van der Waals surface area contributed by atoms with Crippen molar-refractivity contribution in [3.63, 3.8) is 0 Å². The third-order valence-corrected chi connectivity index (χ3v) is 4.76. The molecule has 0 radical (unpaired) electrons. The van der Waals surface area contributed by atoms with Gasteiger partial charge in [-0.15, -0.1) is 0 Å². The first-order valence-corrected chi connectivity index (χ1v) is 9.41. The molecule has 0 bridgehead atoms. The lowest BCUT2D eigenvalue weighted by Crippen LogP contribution is -2.21. The number of aryl methyl sites for hydroxylation is 1. The highest BCUT2D eigenvalue weighted by Crippen LogP contribution is 2.31. The minimum Gasteiger partial charge on any atom is -0.460 e. The summed E-state index contributed by atoms with van der Waals surface area (Å²) in [7, 11) is 0. The van der Waals surface area contributed by atoms with Crippen LogP contribution in [0.2, 0.25) is 15.1 Å². The second kappa shape index (κ2) is 8.83. The fourth-order valence-corrected chi connectivity index (χ4v) is 3.24. The maximum Gasteiger partial charge on any atom is 0.135 e. The zero-order valence-corrected chi connectivity index (χ0v) is 16.6. The molecule has 2 N–H and O–H groups in total. The largest absolute Gasteiger partial charge is 0.460 e. The molecule has 3 aromatic rings. The quantitative estimate of drug-likeness (QED) is 0.442. The van der Waals surface area contributed by atoms with Crippen LogP contribution in [-0.4, -0.2) is 13.1 Å². The predicted octanol–water partition coefficient (Wildman–Crippen LogP) is 6.42. The van der Waals surface area contributed by atoms with Gasteiger partial charge in [-0.1, -0.05) is 34.8 Å². The molecule has 6 heteroatoms. The fraction of sp³-hybridized carbons (Fsp3) is 0.200. The van der Waals surface area contributed by atoms with Gasteiger partial charge in [0, 0.05) is 34.4 Å². The summed E-state index contributed by atoms with van der Waals surface area (Å²) in [4.78, 5) is 0. The number of anilines is 1. The van der Waals surface area contributed by atoms with Gasteiger partial charge in [0.25, 0.3) is 0 Å². The first-order valence-electron chi connectivity index (χ1n) is 8.28. The van der Waals surface area contributed by atoms with Crippen LogP contribution in [0.1, 0.15) is 11.3 Å². The minimum absolute atomic E-state index is 0.616. The summed E-state index contributed by atoms with van der Waals surface area (Å²) < 4.78 is 5.86. The van der Waals surface area contributed by atoms with Gasteiger partial charge in [-0.2, -0.15) is 0 Å². The van der Waals surface area contributed by atoms with Crippen LogP contribution in [0, 0.1) is 6.92 Å². The summed E-state index contributed by atoms with van der Waals surface area (Å²) >= 11 is 18.2. The molecule has 1 aromatic heterocycles. The van der Waals surface area contributed by atoms with Crippen molar-refractivity contribution in [3.8, 4) is 11.3 Å². The van der Waals surface area contributed by atoms with Crippen molar-refractivity contribution >= 4 is 40.5 Å².